The van der Waals surface area contributed by atoms with Gasteiger partial charge in [0.25, 0.3) is 10.0 Å². The fraction of sp³-hybridized carbons (Fsp3) is 0.400. The third kappa shape index (κ3) is 2.64. The molecular formula is C10H9N3O2S2. The molecule has 1 unspecified atom stereocenters. The molecule has 5 nitrogen and oxygen atoms in total. The van der Waals surface area contributed by atoms with Crippen molar-refractivity contribution in [2.75, 3.05) is 0 Å². The summed E-state index contributed by atoms with van der Waals surface area (Å²) in [6.07, 6.45) is 1.77. The van der Waals surface area contributed by atoms with Crippen LogP contribution in [0.25, 0.3) is 0 Å². The Labute approximate surface area is 103 Å². The highest BCUT2D eigenvalue weighted by Gasteiger charge is 2.34. The Morgan fingerprint density at radius 3 is 2.59 bits per heavy atom. The van der Waals surface area contributed by atoms with Crippen molar-refractivity contribution in [3.8, 4) is 12.1 Å². The van der Waals surface area contributed by atoms with Gasteiger partial charge in [-0.2, -0.15) is 15.2 Å². The molecule has 1 N–H and O–H groups in total. The zero-order chi connectivity index (χ0) is 12.5. The summed E-state index contributed by atoms with van der Waals surface area (Å²) in [7, 11) is -3.67. The highest BCUT2D eigenvalue weighted by atomic mass is 32.2. The van der Waals surface area contributed by atoms with Crippen LogP contribution in [0.3, 0.4) is 0 Å². The van der Waals surface area contributed by atoms with Crippen molar-refractivity contribution in [2.24, 2.45) is 5.92 Å². The van der Waals surface area contributed by atoms with Gasteiger partial charge in [-0.05, 0) is 30.9 Å². The van der Waals surface area contributed by atoms with E-state index in [1.54, 1.807) is 0 Å². The molecule has 1 heterocycles. The van der Waals surface area contributed by atoms with Crippen molar-refractivity contribution < 1.29 is 8.42 Å². The molecular weight excluding hydrogens is 258 g/mol. The lowest BCUT2D eigenvalue weighted by Crippen LogP contribution is -2.34. The maximum absolute atomic E-state index is 11.9. The Balaban J connectivity index is 2.19. The Bertz CT molecular complexity index is 602. The zero-order valence-electron chi connectivity index (χ0n) is 8.75. The number of sulfonamides is 1. The molecule has 1 saturated carbocycles. The summed E-state index contributed by atoms with van der Waals surface area (Å²) in [6, 6.07) is 6.02. The molecule has 1 aromatic rings. The Morgan fingerprint density at radius 2 is 2.12 bits per heavy atom. The summed E-state index contributed by atoms with van der Waals surface area (Å²) in [5.41, 5.74) is 0. The zero-order valence-corrected chi connectivity index (χ0v) is 10.4. The van der Waals surface area contributed by atoms with Gasteiger partial charge in [-0.3, -0.25) is 0 Å². The number of nitrogens with one attached hydrogen (secondary N) is 1. The van der Waals surface area contributed by atoms with Crippen LogP contribution in [0.2, 0.25) is 0 Å². The van der Waals surface area contributed by atoms with Crippen LogP contribution in [0.15, 0.2) is 16.3 Å². The van der Waals surface area contributed by atoms with Crippen LogP contribution in [0, 0.1) is 28.6 Å². The third-order valence-corrected chi connectivity index (χ3v) is 5.39. The predicted molar refractivity (Wildman–Crippen MR) is 61.5 cm³/mol. The highest BCUT2D eigenvalue weighted by molar-refractivity contribution is 7.91. The quantitative estimate of drug-likeness (QED) is 0.886. The van der Waals surface area contributed by atoms with E-state index in [1.807, 2.05) is 12.1 Å². The summed E-state index contributed by atoms with van der Waals surface area (Å²) in [6.45, 7) is 0. The van der Waals surface area contributed by atoms with Crippen LogP contribution >= 0.6 is 11.3 Å². The fourth-order valence-electron chi connectivity index (χ4n) is 1.41. The summed E-state index contributed by atoms with van der Waals surface area (Å²) in [4.78, 5) is 0.338. The van der Waals surface area contributed by atoms with Gasteiger partial charge in [-0.1, -0.05) is 0 Å². The van der Waals surface area contributed by atoms with Crippen LogP contribution in [0.4, 0.5) is 0 Å². The summed E-state index contributed by atoms with van der Waals surface area (Å²) in [5, 5.41) is 17.5. The second-order valence-corrected chi connectivity index (χ2v) is 6.82. The van der Waals surface area contributed by atoms with Crippen LogP contribution in [-0.4, -0.2) is 14.5 Å². The minimum Gasteiger partial charge on any atom is -0.206 e. The minimum absolute atomic E-state index is 0.0787. The number of nitriles is 2. The molecule has 0 aliphatic heterocycles. The molecule has 7 heteroatoms. The molecule has 0 bridgehead atoms. The minimum atomic E-state index is -3.67. The van der Waals surface area contributed by atoms with Gasteiger partial charge < -0.3 is 0 Å². The van der Waals surface area contributed by atoms with Gasteiger partial charge in [0.15, 0.2) is 0 Å². The number of thiophene rings is 1. The Hall–Kier alpha value is -1.41. The molecule has 1 aromatic heterocycles. The first-order valence-corrected chi connectivity index (χ1v) is 7.28. The lowest BCUT2D eigenvalue weighted by molar-refractivity contribution is 0.562. The molecule has 1 aliphatic rings. The maximum atomic E-state index is 11.9. The molecule has 0 saturated heterocycles. The lowest BCUT2D eigenvalue weighted by Gasteiger charge is -2.09. The molecule has 0 aromatic carbocycles. The normalized spacial score (nSPS) is 17.1. The van der Waals surface area contributed by atoms with Gasteiger partial charge in [0.2, 0.25) is 0 Å². The first-order chi connectivity index (χ1) is 8.06. The van der Waals surface area contributed by atoms with E-state index in [0.717, 1.165) is 24.2 Å². The second-order valence-electron chi connectivity index (χ2n) is 3.80. The molecule has 1 aliphatic carbocycles. The largest absolute Gasteiger partial charge is 0.251 e. The van der Waals surface area contributed by atoms with Crippen molar-refractivity contribution in [1.82, 2.24) is 4.72 Å². The number of hydrogen-bond acceptors (Lipinski definition) is 5. The van der Waals surface area contributed by atoms with E-state index in [2.05, 4.69) is 4.72 Å². The lowest BCUT2D eigenvalue weighted by atomic mass is 10.2. The first kappa shape index (κ1) is 12.1. The van der Waals surface area contributed by atoms with Crippen molar-refractivity contribution in [2.45, 2.75) is 23.1 Å². The second kappa shape index (κ2) is 4.46. The van der Waals surface area contributed by atoms with E-state index in [4.69, 9.17) is 10.5 Å². The topological polar surface area (TPSA) is 93.8 Å². The SMILES string of the molecule is N#Cc1ccc(S(=O)(=O)NC(C#N)C2CC2)s1. The van der Waals surface area contributed by atoms with E-state index in [-0.39, 0.29) is 10.1 Å². The summed E-state index contributed by atoms with van der Waals surface area (Å²) in [5.74, 6) is 0.130. The van der Waals surface area contributed by atoms with Crippen LogP contribution in [-0.2, 0) is 10.0 Å². The maximum Gasteiger partial charge on any atom is 0.251 e. The molecule has 0 spiro atoms. The third-order valence-electron chi connectivity index (χ3n) is 2.47. The average molecular weight is 267 g/mol. The summed E-state index contributed by atoms with van der Waals surface area (Å²) < 4.78 is 26.3. The molecule has 2 rings (SSSR count). The molecule has 1 fully saturated rings. The number of rotatable bonds is 4. The number of hydrogen-bond donors (Lipinski definition) is 1. The van der Waals surface area contributed by atoms with E-state index in [9.17, 15) is 8.42 Å². The van der Waals surface area contributed by atoms with E-state index in [1.165, 1.54) is 12.1 Å². The van der Waals surface area contributed by atoms with Crippen LogP contribution in [0.1, 0.15) is 17.7 Å². The van der Waals surface area contributed by atoms with Crippen molar-refractivity contribution in [3.05, 3.63) is 17.0 Å². The van der Waals surface area contributed by atoms with Gasteiger partial charge >= 0.3 is 0 Å². The van der Waals surface area contributed by atoms with Crippen molar-refractivity contribution in [1.29, 1.82) is 10.5 Å². The van der Waals surface area contributed by atoms with Gasteiger partial charge in [-0.25, -0.2) is 8.42 Å². The molecule has 88 valence electrons. The predicted octanol–water partition coefficient (Wildman–Crippen LogP) is 1.20. The van der Waals surface area contributed by atoms with E-state index >= 15 is 0 Å². The van der Waals surface area contributed by atoms with Gasteiger partial charge in [-0.15, -0.1) is 11.3 Å². The molecule has 0 radical (unpaired) electrons. The smallest absolute Gasteiger partial charge is 0.206 e. The standard InChI is InChI=1S/C10H9N3O2S2/c11-5-8-3-4-10(16-8)17(14,15)13-9(6-12)7-1-2-7/h3-4,7,9,13H,1-2H2. The van der Waals surface area contributed by atoms with Gasteiger partial charge in [0.05, 0.1) is 6.07 Å². The van der Waals surface area contributed by atoms with Crippen molar-refractivity contribution in [3.63, 3.8) is 0 Å². The Kier molecular flexibility index (Phi) is 3.16. The Morgan fingerprint density at radius 1 is 1.41 bits per heavy atom. The molecule has 17 heavy (non-hydrogen) atoms. The van der Waals surface area contributed by atoms with E-state index < -0.39 is 16.1 Å². The summed E-state index contributed by atoms with van der Waals surface area (Å²) >= 11 is 0.903. The fourth-order valence-corrected chi connectivity index (χ4v) is 3.74. The highest BCUT2D eigenvalue weighted by Crippen LogP contribution is 2.33. The van der Waals surface area contributed by atoms with Crippen LogP contribution < -0.4 is 4.72 Å². The van der Waals surface area contributed by atoms with Crippen molar-refractivity contribution >= 4 is 21.4 Å². The van der Waals surface area contributed by atoms with Crippen LogP contribution in [0.5, 0.6) is 0 Å². The number of nitrogens with zero attached hydrogens (tertiary/aromatic N) is 2. The first-order valence-electron chi connectivity index (χ1n) is 4.98. The molecule has 0 amide bonds. The monoisotopic (exact) mass is 267 g/mol. The average Bonchev–Trinajstić information content (AvgIpc) is 3.02. The molecule has 1 atom stereocenters. The van der Waals surface area contributed by atoms with E-state index in [0.29, 0.717) is 4.88 Å². The van der Waals surface area contributed by atoms with Gasteiger partial charge in [0.1, 0.15) is 21.2 Å². The van der Waals surface area contributed by atoms with Gasteiger partial charge in [0, 0.05) is 0 Å².